The van der Waals surface area contributed by atoms with E-state index in [0.29, 0.717) is 35.4 Å². The monoisotopic (exact) mass is 565 g/mol. The number of fused-ring (bicyclic) bond motifs is 1. The molecule has 1 saturated heterocycles. The Hall–Kier alpha value is -4.87. The van der Waals surface area contributed by atoms with Gasteiger partial charge in [0.2, 0.25) is 11.8 Å². The summed E-state index contributed by atoms with van der Waals surface area (Å²) in [4.78, 5) is 58.8. The number of aromatic nitrogens is 5. The molecule has 214 valence electrons. The second-order valence-electron chi connectivity index (χ2n) is 11.4. The lowest BCUT2D eigenvalue weighted by Gasteiger charge is -2.17. The number of pyridine rings is 2. The molecule has 42 heavy (non-hydrogen) atoms. The molecule has 3 fully saturated rings. The molecule has 4 aromatic rings. The fourth-order valence-corrected chi connectivity index (χ4v) is 5.52. The third-order valence-corrected chi connectivity index (χ3v) is 8.08. The summed E-state index contributed by atoms with van der Waals surface area (Å²) in [5.41, 5.74) is 5.63. The summed E-state index contributed by atoms with van der Waals surface area (Å²) in [6.45, 7) is 4.21. The van der Waals surface area contributed by atoms with E-state index < -0.39 is 0 Å². The fraction of sp³-hybridized carbons (Fsp3) is 0.367. The smallest absolute Gasteiger partial charge is 0.331 e. The van der Waals surface area contributed by atoms with Crippen LogP contribution in [0, 0.1) is 19.8 Å². The minimum absolute atomic E-state index is 0.00393. The van der Waals surface area contributed by atoms with Crippen LogP contribution in [0.4, 0.5) is 22.0 Å². The van der Waals surface area contributed by atoms with Gasteiger partial charge >= 0.3 is 6.03 Å². The van der Waals surface area contributed by atoms with Crippen molar-refractivity contribution in [1.82, 2.24) is 29.2 Å². The number of hydrogen-bond donors (Lipinski definition) is 2. The number of urea groups is 1. The van der Waals surface area contributed by atoms with Crippen LogP contribution in [0.2, 0.25) is 0 Å². The van der Waals surface area contributed by atoms with Crippen LogP contribution in [-0.4, -0.2) is 60.7 Å². The van der Waals surface area contributed by atoms with Gasteiger partial charge in [-0.1, -0.05) is 0 Å². The van der Waals surface area contributed by atoms with Crippen molar-refractivity contribution in [2.75, 3.05) is 29.1 Å². The van der Waals surface area contributed by atoms with Crippen LogP contribution in [0.3, 0.4) is 0 Å². The zero-order chi connectivity index (χ0) is 29.1. The third kappa shape index (κ3) is 4.93. The van der Waals surface area contributed by atoms with Gasteiger partial charge in [0.15, 0.2) is 5.65 Å². The molecule has 2 saturated carbocycles. The number of hydrogen-bond acceptors (Lipinski definition) is 8. The van der Waals surface area contributed by atoms with Crippen LogP contribution in [0.15, 0.2) is 42.9 Å². The van der Waals surface area contributed by atoms with Crippen LogP contribution in [0.5, 0.6) is 0 Å². The van der Waals surface area contributed by atoms with Gasteiger partial charge in [-0.05, 0) is 62.8 Å². The number of anilines is 3. The maximum Gasteiger partial charge on any atom is 0.331 e. The average molecular weight is 566 g/mol. The molecule has 3 aliphatic rings. The standard InChI is InChI=1S/C30H31N9O3/c1-16-6-7-31-27(34-16)22-11-23(22)29(41)36-25-10-20(8-17(2)33-25)32-12-21-14-38-13-19(18-4-5-18)9-24(28(38)35-21)39-15-26(40)37(3)30(39)42/h6-10,13-14,18,22-23H,4-5,11-12,15H2,1-3H3,(H2,32,33,36,41). The molecule has 1 aliphatic heterocycles. The predicted molar refractivity (Wildman–Crippen MR) is 155 cm³/mol. The van der Waals surface area contributed by atoms with Crippen molar-refractivity contribution >= 4 is 40.7 Å². The number of amides is 4. The lowest BCUT2D eigenvalue weighted by atomic mass is 10.1. The molecule has 0 spiro atoms. The quantitative estimate of drug-likeness (QED) is 0.308. The van der Waals surface area contributed by atoms with Gasteiger partial charge in [0, 0.05) is 60.6 Å². The Morgan fingerprint density at radius 2 is 1.88 bits per heavy atom. The minimum Gasteiger partial charge on any atom is -0.379 e. The van der Waals surface area contributed by atoms with E-state index in [-0.39, 0.29) is 36.2 Å². The Kier molecular flexibility index (Phi) is 6.14. The van der Waals surface area contributed by atoms with E-state index in [1.54, 1.807) is 6.20 Å². The molecule has 2 aliphatic carbocycles. The summed E-state index contributed by atoms with van der Waals surface area (Å²) in [7, 11) is 1.50. The number of imide groups is 1. The Morgan fingerprint density at radius 1 is 1.05 bits per heavy atom. The van der Waals surface area contributed by atoms with E-state index in [1.165, 1.54) is 11.9 Å². The summed E-state index contributed by atoms with van der Waals surface area (Å²) in [5, 5.41) is 6.35. The minimum atomic E-state index is -0.344. The summed E-state index contributed by atoms with van der Waals surface area (Å²) >= 11 is 0. The van der Waals surface area contributed by atoms with E-state index in [9.17, 15) is 14.4 Å². The van der Waals surface area contributed by atoms with E-state index in [4.69, 9.17) is 4.98 Å². The Morgan fingerprint density at radius 3 is 2.62 bits per heavy atom. The number of rotatable bonds is 8. The van der Waals surface area contributed by atoms with Crippen molar-refractivity contribution in [3.8, 4) is 0 Å². The van der Waals surface area contributed by atoms with Gasteiger partial charge in [-0.2, -0.15) is 0 Å². The molecule has 0 radical (unpaired) electrons. The molecule has 4 aromatic heterocycles. The van der Waals surface area contributed by atoms with E-state index in [2.05, 4.69) is 31.8 Å². The maximum absolute atomic E-state index is 12.9. The highest BCUT2D eigenvalue weighted by Crippen LogP contribution is 2.46. The number of aryl methyl sites for hydroxylation is 2. The second-order valence-corrected chi connectivity index (χ2v) is 11.4. The predicted octanol–water partition coefficient (Wildman–Crippen LogP) is 3.77. The number of imidazole rings is 1. The molecule has 5 heterocycles. The molecular formula is C30H31N9O3. The SMILES string of the molecule is Cc1cc(NCc2cn3cc(C4CC4)cc(N4CC(=O)N(C)C4=O)c3n2)cc(NC(=O)C2CC2c2nccc(C)n2)n1. The molecule has 2 atom stereocenters. The number of likely N-dealkylation sites (N-methyl/N-ethyl adjacent to an activating group) is 1. The molecule has 2 N–H and O–H groups in total. The van der Waals surface area contributed by atoms with Crippen molar-refractivity contribution in [1.29, 1.82) is 0 Å². The van der Waals surface area contributed by atoms with Crippen LogP contribution in [-0.2, 0) is 16.1 Å². The van der Waals surface area contributed by atoms with Gasteiger partial charge in [0.05, 0.1) is 17.9 Å². The maximum atomic E-state index is 12.9. The summed E-state index contributed by atoms with van der Waals surface area (Å²) in [6, 6.07) is 7.22. The highest BCUT2D eigenvalue weighted by Gasteiger charge is 2.46. The molecule has 7 rings (SSSR count). The van der Waals surface area contributed by atoms with Gasteiger partial charge in [0.1, 0.15) is 18.2 Å². The van der Waals surface area contributed by atoms with Crippen LogP contribution < -0.4 is 15.5 Å². The lowest BCUT2D eigenvalue weighted by molar-refractivity contribution is -0.124. The molecular weight excluding hydrogens is 534 g/mol. The fourth-order valence-electron chi connectivity index (χ4n) is 5.52. The largest absolute Gasteiger partial charge is 0.379 e. The first-order valence-corrected chi connectivity index (χ1v) is 14.2. The lowest BCUT2D eigenvalue weighted by Crippen LogP contribution is -2.30. The Balaban J connectivity index is 1.07. The second kappa shape index (κ2) is 9.89. The number of carbonyl (C=O) groups excluding carboxylic acids is 3. The topological polar surface area (TPSA) is 138 Å². The van der Waals surface area contributed by atoms with Gasteiger partial charge < -0.3 is 15.0 Å². The van der Waals surface area contributed by atoms with E-state index in [1.807, 2.05) is 48.7 Å². The summed E-state index contributed by atoms with van der Waals surface area (Å²) in [6.07, 6.45) is 8.69. The Labute approximate surface area is 242 Å². The molecule has 2 unspecified atom stereocenters. The van der Waals surface area contributed by atoms with Crippen molar-refractivity contribution < 1.29 is 14.4 Å². The highest BCUT2D eigenvalue weighted by atomic mass is 16.2. The Bertz CT molecular complexity index is 1760. The summed E-state index contributed by atoms with van der Waals surface area (Å²) in [5.74, 6) is 1.19. The number of carbonyl (C=O) groups is 3. The van der Waals surface area contributed by atoms with Gasteiger partial charge in [-0.15, -0.1) is 0 Å². The molecule has 12 heteroatoms. The van der Waals surface area contributed by atoms with Gasteiger partial charge in [-0.3, -0.25) is 19.4 Å². The van der Waals surface area contributed by atoms with Crippen LogP contribution in [0.1, 0.15) is 59.6 Å². The molecule has 12 nitrogen and oxygen atoms in total. The zero-order valence-corrected chi connectivity index (χ0v) is 23.7. The van der Waals surface area contributed by atoms with Crippen molar-refractivity contribution in [3.63, 3.8) is 0 Å². The molecule has 4 amide bonds. The van der Waals surface area contributed by atoms with Crippen molar-refractivity contribution in [2.24, 2.45) is 5.92 Å². The number of nitrogens with one attached hydrogen (secondary N) is 2. The average Bonchev–Trinajstić information content (AvgIpc) is 3.88. The van der Waals surface area contributed by atoms with Crippen molar-refractivity contribution in [2.45, 2.75) is 51.5 Å². The van der Waals surface area contributed by atoms with E-state index in [0.717, 1.165) is 52.5 Å². The highest BCUT2D eigenvalue weighted by molar-refractivity contribution is 6.13. The summed E-state index contributed by atoms with van der Waals surface area (Å²) < 4.78 is 1.95. The normalized spacial score (nSPS) is 20.0. The first-order valence-electron chi connectivity index (χ1n) is 14.2. The van der Waals surface area contributed by atoms with Gasteiger partial charge in [-0.25, -0.2) is 24.7 Å². The first-order chi connectivity index (χ1) is 20.2. The van der Waals surface area contributed by atoms with Crippen LogP contribution >= 0.6 is 0 Å². The number of nitrogens with zero attached hydrogens (tertiary/aromatic N) is 7. The molecule has 0 aromatic carbocycles. The molecule has 0 bridgehead atoms. The van der Waals surface area contributed by atoms with Gasteiger partial charge in [0.25, 0.3) is 0 Å². The van der Waals surface area contributed by atoms with Crippen molar-refractivity contribution in [3.05, 3.63) is 71.3 Å². The first kappa shape index (κ1) is 26.1. The third-order valence-electron chi connectivity index (χ3n) is 8.08. The van der Waals surface area contributed by atoms with Crippen LogP contribution in [0.25, 0.3) is 5.65 Å². The zero-order valence-electron chi connectivity index (χ0n) is 23.7. The van der Waals surface area contributed by atoms with E-state index >= 15 is 0 Å².